The van der Waals surface area contributed by atoms with Crippen LogP contribution in [-0.4, -0.2) is 10.9 Å². The summed E-state index contributed by atoms with van der Waals surface area (Å²) in [6, 6.07) is 20.4. The summed E-state index contributed by atoms with van der Waals surface area (Å²) in [5, 5.41) is 0. The number of nitrogens with two attached hydrogens (primary N) is 1. The van der Waals surface area contributed by atoms with E-state index in [9.17, 15) is 4.79 Å². The molecule has 4 heteroatoms. The molecule has 22 heavy (non-hydrogen) atoms. The van der Waals surface area contributed by atoms with Crippen molar-refractivity contribution in [1.29, 1.82) is 0 Å². The highest BCUT2D eigenvalue weighted by molar-refractivity contribution is 5.93. The quantitative estimate of drug-likeness (QED) is 0.797. The van der Waals surface area contributed by atoms with Gasteiger partial charge in [0.2, 0.25) is 5.91 Å². The van der Waals surface area contributed by atoms with Crippen LogP contribution in [0.2, 0.25) is 0 Å². The first-order valence-corrected chi connectivity index (χ1v) is 6.81. The Morgan fingerprint density at radius 1 is 0.909 bits per heavy atom. The van der Waals surface area contributed by atoms with Crippen molar-refractivity contribution in [2.45, 2.75) is 0 Å². The van der Waals surface area contributed by atoms with Crippen LogP contribution in [0.25, 0.3) is 11.3 Å². The van der Waals surface area contributed by atoms with E-state index in [1.165, 1.54) is 0 Å². The number of hydrogen-bond donors (Lipinski definition) is 1. The molecule has 0 atom stereocenters. The second-order valence-corrected chi connectivity index (χ2v) is 4.73. The van der Waals surface area contributed by atoms with Crippen LogP contribution in [0.5, 0.6) is 11.5 Å². The van der Waals surface area contributed by atoms with Crippen LogP contribution >= 0.6 is 0 Å². The van der Waals surface area contributed by atoms with Crippen molar-refractivity contribution in [3.8, 4) is 22.8 Å². The Labute approximate surface area is 128 Å². The van der Waals surface area contributed by atoms with Gasteiger partial charge in [-0.15, -0.1) is 0 Å². The van der Waals surface area contributed by atoms with E-state index >= 15 is 0 Å². The second-order valence-electron chi connectivity index (χ2n) is 4.73. The molecule has 0 saturated carbocycles. The zero-order chi connectivity index (χ0) is 15.4. The smallest absolute Gasteiger partial charge is 0.248 e. The number of rotatable bonds is 4. The fraction of sp³-hybridized carbons (Fsp3) is 0. The van der Waals surface area contributed by atoms with E-state index in [4.69, 9.17) is 10.5 Å². The standard InChI is InChI=1S/C18H14N2O2/c19-18(21)14-10-11-20-17(12-14)13-6-8-16(9-7-13)22-15-4-2-1-3-5-15/h1-12H,(H2,19,21). The van der Waals surface area contributed by atoms with Crippen molar-refractivity contribution >= 4 is 5.91 Å². The fourth-order valence-corrected chi connectivity index (χ4v) is 2.06. The van der Waals surface area contributed by atoms with Crippen LogP contribution < -0.4 is 10.5 Å². The monoisotopic (exact) mass is 290 g/mol. The molecule has 0 radical (unpaired) electrons. The number of primary amides is 1. The number of aromatic nitrogens is 1. The molecule has 0 aliphatic rings. The summed E-state index contributed by atoms with van der Waals surface area (Å²) >= 11 is 0. The zero-order valence-electron chi connectivity index (χ0n) is 11.8. The topological polar surface area (TPSA) is 65.2 Å². The Hall–Kier alpha value is -3.14. The minimum Gasteiger partial charge on any atom is -0.457 e. The summed E-state index contributed by atoms with van der Waals surface area (Å²) in [5.41, 5.74) is 7.31. The first-order chi connectivity index (χ1) is 10.7. The van der Waals surface area contributed by atoms with Gasteiger partial charge in [0.25, 0.3) is 0 Å². The van der Waals surface area contributed by atoms with E-state index in [-0.39, 0.29) is 0 Å². The highest BCUT2D eigenvalue weighted by atomic mass is 16.5. The number of ether oxygens (including phenoxy) is 1. The van der Waals surface area contributed by atoms with Gasteiger partial charge in [0.05, 0.1) is 5.69 Å². The van der Waals surface area contributed by atoms with E-state index < -0.39 is 5.91 Å². The third-order valence-electron chi connectivity index (χ3n) is 3.17. The van der Waals surface area contributed by atoms with Gasteiger partial charge in [-0.2, -0.15) is 0 Å². The number of amides is 1. The maximum absolute atomic E-state index is 11.2. The highest BCUT2D eigenvalue weighted by Gasteiger charge is 2.05. The Kier molecular flexibility index (Phi) is 3.83. The summed E-state index contributed by atoms with van der Waals surface area (Å²) in [4.78, 5) is 15.5. The fourth-order valence-electron chi connectivity index (χ4n) is 2.06. The van der Waals surface area contributed by atoms with Gasteiger partial charge >= 0.3 is 0 Å². The molecule has 0 fully saturated rings. The third-order valence-corrected chi connectivity index (χ3v) is 3.17. The van der Waals surface area contributed by atoms with Gasteiger partial charge < -0.3 is 10.5 Å². The summed E-state index contributed by atoms with van der Waals surface area (Å²) < 4.78 is 5.74. The van der Waals surface area contributed by atoms with Gasteiger partial charge in [0.1, 0.15) is 11.5 Å². The molecule has 0 saturated heterocycles. The summed E-state index contributed by atoms with van der Waals surface area (Å²) in [6.07, 6.45) is 1.57. The third kappa shape index (κ3) is 3.12. The lowest BCUT2D eigenvalue weighted by Gasteiger charge is -2.07. The number of hydrogen-bond acceptors (Lipinski definition) is 3. The summed E-state index contributed by atoms with van der Waals surface area (Å²) in [6.45, 7) is 0. The van der Waals surface area contributed by atoms with Crippen molar-refractivity contribution in [3.63, 3.8) is 0 Å². The molecule has 2 N–H and O–H groups in total. The number of para-hydroxylation sites is 1. The van der Waals surface area contributed by atoms with Gasteiger partial charge in [0, 0.05) is 17.3 Å². The molecule has 4 nitrogen and oxygen atoms in total. The zero-order valence-corrected chi connectivity index (χ0v) is 11.8. The van der Waals surface area contributed by atoms with Crippen molar-refractivity contribution in [1.82, 2.24) is 4.98 Å². The maximum Gasteiger partial charge on any atom is 0.248 e. The summed E-state index contributed by atoms with van der Waals surface area (Å²) in [7, 11) is 0. The second kappa shape index (κ2) is 6.10. The van der Waals surface area contributed by atoms with E-state index in [2.05, 4.69) is 4.98 Å². The van der Waals surface area contributed by atoms with E-state index in [0.717, 1.165) is 17.1 Å². The van der Waals surface area contributed by atoms with Gasteiger partial charge in [0.15, 0.2) is 0 Å². The van der Waals surface area contributed by atoms with Crippen LogP contribution in [-0.2, 0) is 0 Å². The number of carbonyl (C=O) groups excluding carboxylic acids is 1. The number of carbonyl (C=O) groups is 1. The van der Waals surface area contributed by atoms with Crippen molar-refractivity contribution in [3.05, 3.63) is 78.5 Å². The molecule has 3 rings (SSSR count). The number of nitrogens with zero attached hydrogens (tertiary/aromatic N) is 1. The lowest BCUT2D eigenvalue weighted by molar-refractivity contribution is 0.1000. The molecule has 0 spiro atoms. The molecule has 1 amide bonds. The van der Waals surface area contributed by atoms with Crippen molar-refractivity contribution < 1.29 is 9.53 Å². The minimum atomic E-state index is -0.465. The van der Waals surface area contributed by atoms with Gasteiger partial charge in [-0.05, 0) is 48.5 Å². The van der Waals surface area contributed by atoms with E-state index in [1.807, 2.05) is 54.6 Å². The largest absolute Gasteiger partial charge is 0.457 e. The number of benzene rings is 2. The maximum atomic E-state index is 11.2. The number of pyridine rings is 1. The van der Waals surface area contributed by atoms with Crippen LogP contribution in [0, 0.1) is 0 Å². The molecule has 0 unspecified atom stereocenters. The normalized spacial score (nSPS) is 10.2. The Morgan fingerprint density at radius 2 is 1.59 bits per heavy atom. The average molecular weight is 290 g/mol. The van der Waals surface area contributed by atoms with Crippen LogP contribution in [0.3, 0.4) is 0 Å². The molecule has 3 aromatic rings. The highest BCUT2D eigenvalue weighted by Crippen LogP contribution is 2.25. The first-order valence-electron chi connectivity index (χ1n) is 6.81. The predicted octanol–water partition coefficient (Wildman–Crippen LogP) is 3.64. The van der Waals surface area contributed by atoms with Crippen molar-refractivity contribution in [2.75, 3.05) is 0 Å². The minimum absolute atomic E-state index is 0.439. The molecular formula is C18H14N2O2. The van der Waals surface area contributed by atoms with Gasteiger partial charge in [-0.25, -0.2) is 0 Å². The molecule has 2 aromatic carbocycles. The molecule has 108 valence electrons. The van der Waals surface area contributed by atoms with Gasteiger partial charge in [-0.3, -0.25) is 9.78 Å². The molecule has 1 heterocycles. The Bertz CT molecular complexity index is 784. The van der Waals surface area contributed by atoms with Crippen LogP contribution in [0.1, 0.15) is 10.4 Å². The van der Waals surface area contributed by atoms with Crippen molar-refractivity contribution in [2.24, 2.45) is 5.73 Å². The van der Waals surface area contributed by atoms with E-state index in [0.29, 0.717) is 11.3 Å². The molecule has 0 bridgehead atoms. The predicted molar refractivity (Wildman–Crippen MR) is 84.7 cm³/mol. The van der Waals surface area contributed by atoms with Gasteiger partial charge in [-0.1, -0.05) is 18.2 Å². The lowest BCUT2D eigenvalue weighted by atomic mass is 10.1. The molecule has 0 aliphatic carbocycles. The Morgan fingerprint density at radius 3 is 2.27 bits per heavy atom. The lowest BCUT2D eigenvalue weighted by Crippen LogP contribution is -2.10. The van der Waals surface area contributed by atoms with E-state index in [1.54, 1.807) is 18.3 Å². The molecule has 1 aromatic heterocycles. The first kappa shape index (κ1) is 13.8. The van der Waals surface area contributed by atoms with Crippen LogP contribution in [0.4, 0.5) is 0 Å². The average Bonchev–Trinajstić information content (AvgIpc) is 2.56. The molecular weight excluding hydrogens is 276 g/mol. The SMILES string of the molecule is NC(=O)c1ccnc(-c2ccc(Oc3ccccc3)cc2)c1. The summed E-state index contributed by atoms with van der Waals surface area (Å²) in [5.74, 6) is 1.05. The molecule has 0 aliphatic heterocycles. The van der Waals surface area contributed by atoms with Crippen LogP contribution in [0.15, 0.2) is 72.9 Å². The Balaban J connectivity index is 1.82.